The van der Waals surface area contributed by atoms with Gasteiger partial charge in [-0.15, -0.1) is 0 Å². The molecule has 0 bridgehead atoms. The van der Waals surface area contributed by atoms with Gasteiger partial charge in [0.1, 0.15) is 12.1 Å². The number of carboxylic acid groups (broad SMARTS) is 1. The second kappa shape index (κ2) is 45.8. The third kappa shape index (κ3) is 42.0. The Bertz CT molecular complexity index is 1060. The summed E-state index contributed by atoms with van der Waals surface area (Å²) in [5.41, 5.74) is 0. The number of aliphatic hydroxyl groups excluding tert-OH is 1. The van der Waals surface area contributed by atoms with Crippen LogP contribution in [0.1, 0.15) is 251 Å². The molecule has 9 heteroatoms. The van der Waals surface area contributed by atoms with Crippen molar-refractivity contribution in [3.05, 3.63) is 24.3 Å². The Morgan fingerprint density at radius 2 is 0.867 bits per heavy atom. The molecule has 9 nitrogen and oxygen atoms in total. The van der Waals surface area contributed by atoms with E-state index >= 15 is 0 Å². The molecule has 0 aliphatic carbocycles. The van der Waals surface area contributed by atoms with Crippen LogP contribution in [0.5, 0.6) is 0 Å². The Labute approximate surface area is 368 Å². The number of hydrogen-bond acceptors (Lipinski definition) is 6. The first kappa shape index (κ1) is 57.3. The molecule has 0 radical (unpaired) electrons. The first-order valence-electron chi connectivity index (χ1n) is 25.2. The third-order valence-corrected chi connectivity index (χ3v) is 11.4. The van der Waals surface area contributed by atoms with E-state index in [2.05, 4.69) is 48.8 Å². The number of carbonyl (C=O) groups excluding carboxylic acids is 3. The van der Waals surface area contributed by atoms with E-state index in [0.29, 0.717) is 19.3 Å². The van der Waals surface area contributed by atoms with E-state index in [4.69, 9.17) is 14.9 Å². The van der Waals surface area contributed by atoms with Crippen molar-refractivity contribution in [2.75, 3.05) is 13.2 Å². The fourth-order valence-corrected chi connectivity index (χ4v) is 7.54. The Morgan fingerprint density at radius 3 is 1.32 bits per heavy atom. The van der Waals surface area contributed by atoms with Crippen LogP contribution < -0.4 is 10.6 Å². The Balaban J connectivity index is 4.28. The van der Waals surface area contributed by atoms with E-state index in [1.807, 2.05) is 0 Å². The smallest absolute Gasteiger partial charge is 0.328 e. The molecule has 60 heavy (non-hydrogen) atoms. The lowest BCUT2D eigenvalue weighted by atomic mass is 10.0. The van der Waals surface area contributed by atoms with Crippen molar-refractivity contribution in [3.8, 4) is 0 Å². The highest BCUT2D eigenvalue weighted by Crippen LogP contribution is 2.18. The SMILES string of the molecule is CCCCCCCC/C=C\CCCCCCCCCCCC(=O)OC(CCC/C=C\CCCCCCCCCC)CCCCCCCC(=O)NCC(=O)NC(CO)C(=O)O. The van der Waals surface area contributed by atoms with Crippen LogP contribution in [0, 0.1) is 0 Å². The standard InChI is InChI=1S/C51H94N2O7/c1-3-5-7-9-11-13-15-17-18-19-20-21-22-24-26-28-30-35-39-43-50(57)60-46(40-36-32-29-27-25-23-16-14-12-10-8-6-4-2)41-37-33-31-34-38-42-48(55)52-44-49(56)53-47(45-54)51(58)59/h17-18,27,29,46-47,54H,3-16,19-26,28,30-45H2,1-2H3,(H,52,55)(H,53,56)(H,58,59)/b18-17-,29-27-. The van der Waals surface area contributed by atoms with E-state index in [9.17, 15) is 19.2 Å². The summed E-state index contributed by atoms with van der Waals surface area (Å²) in [6.45, 7) is 3.50. The largest absolute Gasteiger partial charge is 0.480 e. The normalized spacial score (nSPS) is 12.6. The summed E-state index contributed by atoms with van der Waals surface area (Å²) < 4.78 is 6.04. The summed E-state index contributed by atoms with van der Waals surface area (Å²) in [5.74, 6) is -2.30. The van der Waals surface area contributed by atoms with Crippen LogP contribution in [0.4, 0.5) is 0 Å². The number of aliphatic hydroxyl groups is 1. The van der Waals surface area contributed by atoms with Gasteiger partial charge in [-0.3, -0.25) is 14.4 Å². The average molecular weight is 847 g/mol. The van der Waals surface area contributed by atoms with Gasteiger partial charge in [0.15, 0.2) is 0 Å². The predicted molar refractivity (Wildman–Crippen MR) is 250 cm³/mol. The topological polar surface area (TPSA) is 142 Å². The number of allylic oxidation sites excluding steroid dienone is 4. The molecule has 350 valence electrons. The number of nitrogens with one attached hydrogen (secondary N) is 2. The van der Waals surface area contributed by atoms with Crippen molar-refractivity contribution in [3.63, 3.8) is 0 Å². The molecule has 0 fully saturated rings. The number of esters is 1. The van der Waals surface area contributed by atoms with Crippen LogP contribution in [-0.2, 0) is 23.9 Å². The highest BCUT2D eigenvalue weighted by molar-refractivity contribution is 5.87. The molecule has 0 saturated heterocycles. The van der Waals surface area contributed by atoms with E-state index in [1.165, 1.54) is 148 Å². The van der Waals surface area contributed by atoms with E-state index in [-0.39, 0.29) is 24.5 Å². The molecule has 0 aromatic carbocycles. The molecule has 0 aromatic rings. The number of amides is 2. The van der Waals surface area contributed by atoms with Gasteiger partial charge in [-0.1, -0.05) is 179 Å². The predicted octanol–water partition coefficient (Wildman–Crippen LogP) is 13.2. The van der Waals surface area contributed by atoms with Gasteiger partial charge < -0.3 is 25.6 Å². The zero-order valence-electron chi connectivity index (χ0n) is 39.0. The van der Waals surface area contributed by atoms with Crippen LogP contribution in [0.15, 0.2) is 24.3 Å². The average Bonchev–Trinajstić information content (AvgIpc) is 3.23. The number of ether oxygens (including phenoxy) is 1. The zero-order chi connectivity index (χ0) is 44.0. The van der Waals surface area contributed by atoms with E-state index < -0.39 is 24.5 Å². The fourth-order valence-electron chi connectivity index (χ4n) is 7.54. The summed E-state index contributed by atoms with van der Waals surface area (Å²) in [6, 6.07) is -1.38. The second-order valence-corrected chi connectivity index (χ2v) is 17.3. The number of unbranched alkanes of at least 4 members (excludes halogenated alkanes) is 28. The monoisotopic (exact) mass is 847 g/mol. The first-order chi connectivity index (χ1) is 29.3. The number of rotatable bonds is 46. The molecular formula is C51H94N2O7. The van der Waals surface area contributed by atoms with Gasteiger partial charge in [-0.05, 0) is 83.5 Å². The molecule has 4 N–H and O–H groups in total. The Hall–Kier alpha value is -2.68. The first-order valence-corrected chi connectivity index (χ1v) is 25.2. The van der Waals surface area contributed by atoms with Gasteiger partial charge in [0, 0.05) is 12.8 Å². The molecule has 0 aliphatic rings. The van der Waals surface area contributed by atoms with Gasteiger partial charge in [-0.2, -0.15) is 0 Å². The number of hydrogen-bond donors (Lipinski definition) is 4. The van der Waals surface area contributed by atoms with Crippen molar-refractivity contribution in [2.24, 2.45) is 0 Å². The lowest BCUT2D eigenvalue weighted by Crippen LogP contribution is -2.47. The van der Waals surface area contributed by atoms with Crippen molar-refractivity contribution in [2.45, 2.75) is 264 Å². The lowest BCUT2D eigenvalue weighted by Gasteiger charge is -2.18. The van der Waals surface area contributed by atoms with Crippen LogP contribution in [0.2, 0.25) is 0 Å². The summed E-state index contributed by atoms with van der Waals surface area (Å²) >= 11 is 0. The molecule has 2 unspecified atom stereocenters. The molecule has 2 atom stereocenters. The summed E-state index contributed by atoms with van der Waals surface area (Å²) in [5, 5.41) is 22.6. The van der Waals surface area contributed by atoms with Gasteiger partial charge in [-0.25, -0.2) is 4.79 Å². The zero-order valence-corrected chi connectivity index (χ0v) is 39.0. The minimum Gasteiger partial charge on any atom is -0.480 e. The van der Waals surface area contributed by atoms with Crippen molar-refractivity contribution in [1.29, 1.82) is 0 Å². The molecule has 0 saturated carbocycles. The van der Waals surface area contributed by atoms with Crippen molar-refractivity contribution >= 4 is 23.8 Å². The molecule has 0 aromatic heterocycles. The van der Waals surface area contributed by atoms with Crippen LogP contribution in [0.25, 0.3) is 0 Å². The molecule has 0 heterocycles. The minimum absolute atomic E-state index is 0.0436. The quantitative estimate of drug-likeness (QED) is 0.0271. The third-order valence-electron chi connectivity index (χ3n) is 11.4. The lowest BCUT2D eigenvalue weighted by molar-refractivity contribution is -0.150. The molecule has 2 amide bonds. The molecular weight excluding hydrogens is 753 g/mol. The number of carbonyl (C=O) groups is 4. The summed E-state index contributed by atoms with van der Waals surface area (Å²) in [7, 11) is 0. The maximum absolute atomic E-state index is 12.9. The van der Waals surface area contributed by atoms with Gasteiger partial charge >= 0.3 is 11.9 Å². The Morgan fingerprint density at radius 1 is 0.483 bits per heavy atom. The number of carboxylic acids is 1. The van der Waals surface area contributed by atoms with E-state index in [1.54, 1.807) is 0 Å². The summed E-state index contributed by atoms with van der Waals surface area (Å²) in [6.07, 6.45) is 52.1. The Kier molecular flexibility index (Phi) is 43.8. The van der Waals surface area contributed by atoms with E-state index in [0.717, 1.165) is 70.6 Å². The highest BCUT2D eigenvalue weighted by Gasteiger charge is 2.19. The fraction of sp³-hybridized carbons (Fsp3) is 0.843. The maximum atomic E-state index is 12.9. The maximum Gasteiger partial charge on any atom is 0.328 e. The highest BCUT2D eigenvalue weighted by atomic mass is 16.5. The second-order valence-electron chi connectivity index (χ2n) is 17.3. The van der Waals surface area contributed by atoms with Gasteiger partial charge in [0.2, 0.25) is 11.8 Å². The van der Waals surface area contributed by atoms with Crippen molar-refractivity contribution < 1.29 is 34.1 Å². The number of aliphatic carboxylic acids is 1. The van der Waals surface area contributed by atoms with Crippen LogP contribution in [-0.4, -0.2) is 59.3 Å². The van der Waals surface area contributed by atoms with Crippen LogP contribution >= 0.6 is 0 Å². The minimum atomic E-state index is -1.38. The van der Waals surface area contributed by atoms with Crippen molar-refractivity contribution in [1.82, 2.24) is 10.6 Å². The van der Waals surface area contributed by atoms with Gasteiger partial charge in [0.05, 0.1) is 13.2 Å². The molecule has 0 aliphatic heterocycles. The summed E-state index contributed by atoms with van der Waals surface area (Å²) in [4.78, 5) is 47.7. The molecule has 0 rings (SSSR count). The van der Waals surface area contributed by atoms with Crippen LogP contribution in [0.3, 0.4) is 0 Å². The molecule has 0 spiro atoms. The van der Waals surface area contributed by atoms with Gasteiger partial charge in [0.25, 0.3) is 0 Å².